The van der Waals surface area contributed by atoms with Crippen molar-refractivity contribution in [3.05, 3.63) is 21.6 Å². The maximum absolute atomic E-state index is 11.6. The van der Waals surface area contributed by atoms with Gasteiger partial charge >= 0.3 is 0 Å². The van der Waals surface area contributed by atoms with Gasteiger partial charge in [0.25, 0.3) is 5.56 Å². The van der Waals surface area contributed by atoms with E-state index < -0.39 is 0 Å². The standard InChI is InChI=1S/C10H17N3O3/c1-7-9(6-11-8(2)14)10(15)12-13(7)4-5-16-3/h4-6H2,1-3H3,(H,11,14)(H,12,15). The molecule has 16 heavy (non-hydrogen) atoms. The number of amides is 1. The minimum absolute atomic E-state index is 0.150. The number of rotatable bonds is 5. The summed E-state index contributed by atoms with van der Waals surface area (Å²) in [5.41, 5.74) is 1.25. The average Bonchev–Trinajstić information content (AvgIpc) is 2.48. The van der Waals surface area contributed by atoms with Crippen LogP contribution in [0.5, 0.6) is 0 Å². The van der Waals surface area contributed by atoms with Crippen LogP contribution in [-0.4, -0.2) is 29.4 Å². The van der Waals surface area contributed by atoms with Gasteiger partial charge in [-0.25, -0.2) is 0 Å². The van der Waals surface area contributed by atoms with Crippen LogP contribution >= 0.6 is 0 Å². The Morgan fingerprint density at radius 1 is 1.56 bits per heavy atom. The molecule has 0 saturated carbocycles. The largest absolute Gasteiger partial charge is 0.383 e. The van der Waals surface area contributed by atoms with Crippen LogP contribution < -0.4 is 10.9 Å². The van der Waals surface area contributed by atoms with E-state index in [1.165, 1.54) is 6.92 Å². The fourth-order valence-corrected chi connectivity index (χ4v) is 1.43. The van der Waals surface area contributed by atoms with Crippen LogP contribution in [0.15, 0.2) is 4.79 Å². The normalized spacial score (nSPS) is 10.4. The molecule has 1 aromatic heterocycles. The summed E-state index contributed by atoms with van der Waals surface area (Å²) < 4.78 is 6.66. The Morgan fingerprint density at radius 3 is 2.81 bits per heavy atom. The topological polar surface area (TPSA) is 76.1 Å². The van der Waals surface area contributed by atoms with Crippen molar-refractivity contribution < 1.29 is 9.53 Å². The molecule has 0 aromatic carbocycles. The zero-order valence-corrected chi connectivity index (χ0v) is 9.79. The lowest BCUT2D eigenvalue weighted by Gasteiger charge is -2.05. The smallest absolute Gasteiger partial charge is 0.269 e. The third-order valence-corrected chi connectivity index (χ3v) is 2.39. The zero-order chi connectivity index (χ0) is 12.1. The predicted molar refractivity (Wildman–Crippen MR) is 59.2 cm³/mol. The molecule has 0 fully saturated rings. The van der Waals surface area contributed by atoms with Crippen LogP contribution in [0.1, 0.15) is 18.2 Å². The molecular weight excluding hydrogens is 210 g/mol. The lowest BCUT2D eigenvalue weighted by atomic mass is 10.2. The summed E-state index contributed by atoms with van der Waals surface area (Å²) >= 11 is 0. The maximum atomic E-state index is 11.6. The Morgan fingerprint density at radius 2 is 2.25 bits per heavy atom. The molecule has 2 N–H and O–H groups in total. The van der Waals surface area contributed by atoms with Gasteiger partial charge in [-0.2, -0.15) is 0 Å². The third-order valence-electron chi connectivity index (χ3n) is 2.39. The molecule has 6 heteroatoms. The van der Waals surface area contributed by atoms with E-state index in [4.69, 9.17) is 4.74 Å². The van der Waals surface area contributed by atoms with Gasteiger partial charge in [-0.3, -0.25) is 19.4 Å². The highest BCUT2D eigenvalue weighted by Gasteiger charge is 2.10. The molecule has 1 aromatic rings. The summed E-state index contributed by atoms with van der Waals surface area (Å²) in [5.74, 6) is -0.150. The molecule has 0 atom stereocenters. The first kappa shape index (κ1) is 12.5. The Bertz CT molecular complexity index is 419. The molecule has 0 saturated heterocycles. The Hall–Kier alpha value is -1.56. The molecule has 0 bridgehead atoms. The number of hydrogen-bond acceptors (Lipinski definition) is 3. The molecule has 0 unspecified atom stereocenters. The van der Waals surface area contributed by atoms with Crippen molar-refractivity contribution in [3.8, 4) is 0 Å². The van der Waals surface area contributed by atoms with E-state index in [2.05, 4.69) is 10.4 Å². The van der Waals surface area contributed by atoms with Gasteiger partial charge in [-0.1, -0.05) is 0 Å². The van der Waals surface area contributed by atoms with E-state index in [-0.39, 0.29) is 18.0 Å². The van der Waals surface area contributed by atoms with E-state index in [0.29, 0.717) is 18.7 Å². The van der Waals surface area contributed by atoms with Gasteiger partial charge in [0.2, 0.25) is 5.91 Å². The fraction of sp³-hybridized carbons (Fsp3) is 0.600. The average molecular weight is 227 g/mol. The highest BCUT2D eigenvalue weighted by Crippen LogP contribution is 2.01. The number of nitrogens with one attached hydrogen (secondary N) is 2. The molecule has 1 amide bonds. The molecular formula is C10H17N3O3. The zero-order valence-electron chi connectivity index (χ0n) is 9.79. The van der Waals surface area contributed by atoms with Crippen molar-refractivity contribution in [2.24, 2.45) is 0 Å². The van der Waals surface area contributed by atoms with Gasteiger partial charge in [-0.05, 0) is 6.92 Å². The number of carbonyl (C=O) groups excluding carboxylic acids is 1. The monoisotopic (exact) mass is 227 g/mol. The maximum Gasteiger partial charge on any atom is 0.269 e. The van der Waals surface area contributed by atoms with E-state index in [9.17, 15) is 9.59 Å². The van der Waals surface area contributed by atoms with E-state index in [0.717, 1.165) is 5.69 Å². The molecule has 90 valence electrons. The van der Waals surface area contributed by atoms with Crippen LogP contribution in [0.3, 0.4) is 0 Å². The first-order chi connectivity index (χ1) is 7.56. The van der Waals surface area contributed by atoms with Crippen LogP contribution in [0.25, 0.3) is 0 Å². The highest BCUT2D eigenvalue weighted by atomic mass is 16.5. The number of H-pyrrole nitrogens is 1. The Kier molecular flexibility index (Phi) is 4.30. The van der Waals surface area contributed by atoms with Gasteiger partial charge in [0.1, 0.15) is 0 Å². The van der Waals surface area contributed by atoms with Crippen LogP contribution in [0.2, 0.25) is 0 Å². The second-order valence-corrected chi connectivity index (χ2v) is 3.56. The summed E-state index contributed by atoms with van der Waals surface area (Å²) in [6, 6.07) is 0. The van der Waals surface area contributed by atoms with Gasteiger partial charge in [0.15, 0.2) is 0 Å². The summed E-state index contributed by atoms with van der Waals surface area (Å²) in [6.07, 6.45) is 0. The van der Waals surface area contributed by atoms with Gasteiger partial charge in [0, 0.05) is 19.7 Å². The van der Waals surface area contributed by atoms with Crippen molar-refractivity contribution >= 4 is 5.91 Å². The van der Waals surface area contributed by atoms with E-state index in [1.807, 2.05) is 6.92 Å². The molecule has 1 rings (SSSR count). The number of ether oxygens (including phenoxy) is 1. The lowest BCUT2D eigenvalue weighted by molar-refractivity contribution is -0.119. The predicted octanol–water partition coefficient (Wildman–Crippen LogP) is -0.233. The molecule has 0 aliphatic heterocycles. The number of methoxy groups -OCH3 is 1. The summed E-state index contributed by atoms with van der Waals surface area (Å²) in [7, 11) is 1.61. The summed E-state index contributed by atoms with van der Waals surface area (Å²) in [5, 5.41) is 5.31. The Balaban J connectivity index is 2.80. The molecule has 0 radical (unpaired) electrons. The molecule has 0 aliphatic carbocycles. The van der Waals surface area contributed by atoms with Crippen molar-refractivity contribution in [2.75, 3.05) is 13.7 Å². The van der Waals surface area contributed by atoms with Crippen molar-refractivity contribution in [2.45, 2.75) is 26.9 Å². The number of hydrogen-bond donors (Lipinski definition) is 2. The number of carbonyl (C=O) groups is 1. The number of aromatic nitrogens is 2. The number of aromatic amines is 1. The van der Waals surface area contributed by atoms with Gasteiger partial charge in [-0.15, -0.1) is 0 Å². The SMILES string of the molecule is COCCn1[nH]c(=O)c(CNC(C)=O)c1C. The van der Waals surface area contributed by atoms with Crippen LogP contribution in [0.4, 0.5) is 0 Å². The molecule has 0 aliphatic rings. The third kappa shape index (κ3) is 2.96. The number of nitrogens with zero attached hydrogens (tertiary/aromatic N) is 1. The van der Waals surface area contributed by atoms with Crippen LogP contribution in [-0.2, 0) is 22.6 Å². The van der Waals surface area contributed by atoms with Gasteiger partial charge < -0.3 is 10.1 Å². The second-order valence-electron chi connectivity index (χ2n) is 3.56. The molecule has 6 nitrogen and oxygen atoms in total. The van der Waals surface area contributed by atoms with Crippen molar-refractivity contribution in [1.82, 2.24) is 15.1 Å². The minimum Gasteiger partial charge on any atom is -0.383 e. The first-order valence-corrected chi connectivity index (χ1v) is 5.08. The highest BCUT2D eigenvalue weighted by molar-refractivity contribution is 5.72. The van der Waals surface area contributed by atoms with Gasteiger partial charge in [0.05, 0.1) is 25.3 Å². The fourth-order valence-electron chi connectivity index (χ4n) is 1.43. The summed E-state index contributed by atoms with van der Waals surface area (Å²) in [4.78, 5) is 22.3. The quantitative estimate of drug-likeness (QED) is 0.729. The Labute approximate surface area is 93.6 Å². The summed E-state index contributed by atoms with van der Waals surface area (Å²) in [6.45, 7) is 4.65. The van der Waals surface area contributed by atoms with E-state index >= 15 is 0 Å². The molecule has 0 spiro atoms. The van der Waals surface area contributed by atoms with Crippen LogP contribution in [0, 0.1) is 6.92 Å². The second kappa shape index (κ2) is 5.50. The lowest BCUT2D eigenvalue weighted by Crippen LogP contribution is -2.22. The van der Waals surface area contributed by atoms with Crippen molar-refractivity contribution in [3.63, 3.8) is 0 Å². The van der Waals surface area contributed by atoms with E-state index in [1.54, 1.807) is 11.8 Å². The molecule has 1 heterocycles. The van der Waals surface area contributed by atoms with Crippen molar-refractivity contribution in [1.29, 1.82) is 0 Å². The first-order valence-electron chi connectivity index (χ1n) is 5.08. The minimum atomic E-state index is -0.164.